The molecule has 6 nitrogen and oxygen atoms in total. The maximum absolute atomic E-state index is 8.78. The average Bonchev–Trinajstić information content (AvgIpc) is 3.84. The number of nitrogens with zero attached hydrogens (tertiary/aromatic N) is 1. The van der Waals surface area contributed by atoms with E-state index in [1.165, 1.54) is 45.4 Å². The molecule has 0 aromatic heterocycles. The molecular formula is C55H75NO5. The van der Waals surface area contributed by atoms with E-state index in [-0.39, 0.29) is 0 Å². The van der Waals surface area contributed by atoms with Gasteiger partial charge >= 0.3 is 0 Å². The SMILES string of the molecule is CC(C)c1ccc2c(c1)CC/C2=N/O.CC(C)c1ccc2c(c1)COC(C)(C)O2.CC(C)c1ccc2c(c1)OC(C)(C)OC2.CCC(C)(C)C1=CCc2cc(C(C)C)ccc21. The van der Waals surface area contributed by atoms with Gasteiger partial charge in [0.2, 0.25) is 11.6 Å². The van der Waals surface area contributed by atoms with Crippen LogP contribution in [0, 0.1) is 5.41 Å². The van der Waals surface area contributed by atoms with Crippen LogP contribution in [0.5, 0.6) is 11.5 Å². The van der Waals surface area contributed by atoms with Gasteiger partial charge < -0.3 is 24.2 Å². The molecule has 2 aliphatic carbocycles. The van der Waals surface area contributed by atoms with Crippen LogP contribution in [-0.2, 0) is 35.5 Å². The molecule has 0 radical (unpaired) electrons. The van der Waals surface area contributed by atoms with Crippen molar-refractivity contribution in [1.82, 2.24) is 0 Å². The van der Waals surface area contributed by atoms with Gasteiger partial charge in [0.05, 0.1) is 18.9 Å². The van der Waals surface area contributed by atoms with E-state index >= 15 is 0 Å². The fourth-order valence-corrected chi connectivity index (χ4v) is 7.92. The first-order valence-corrected chi connectivity index (χ1v) is 22.7. The van der Waals surface area contributed by atoms with Crippen molar-refractivity contribution in [2.75, 3.05) is 0 Å². The van der Waals surface area contributed by atoms with E-state index in [9.17, 15) is 0 Å². The van der Waals surface area contributed by atoms with Crippen molar-refractivity contribution in [3.63, 3.8) is 0 Å². The van der Waals surface area contributed by atoms with Gasteiger partial charge in [0.25, 0.3) is 0 Å². The summed E-state index contributed by atoms with van der Waals surface area (Å²) >= 11 is 0. The summed E-state index contributed by atoms with van der Waals surface area (Å²) < 4.78 is 22.7. The predicted octanol–water partition coefficient (Wildman–Crippen LogP) is 15.0. The third-order valence-electron chi connectivity index (χ3n) is 12.5. The second-order valence-corrected chi connectivity index (χ2v) is 19.9. The number of fused-ring (bicyclic) bond motifs is 4. The number of benzene rings is 4. The number of hydrogen-bond donors (Lipinski definition) is 1. The fraction of sp³-hybridized carbons (Fsp3) is 0.509. The molecule has 0 bridgehead atoms. The van der Waals surface area contributed by atoms with Gasteiger partial charge in [-0.3, -0.25) is 0 Å². The van der Waals surface area contributed by atoms with E-state index < -0.39 is 11.6 Å². The summed E-state index contributed by atoms with van der Waals surface area (Å²) in [7, 11) is 0. The van der Waals surface area contributed by atoms with Gasteiger partial charge in [0.15, 0.2) is 0 Å². The smallest absolute Gasteiger partial charge is 0.205 e. The highest BCUT2D eigenvalue weighted by atomic mass is 16.7. The molecule has 0 spiro atoms. The van der Waals surface area contributed by atoms with E-state index in [1.807, 2.05) is 27.7 Å². The van der Waals surface area contributed by atoms with Crippen LogP contribution >= 0.6 is 0 Å². The molecule has 61 heavy (non-hydrogen) atoms. The van der Waals surface area contributed by atoms with Crippen LogP contribution in [0.25, 0.3) is 5.57 Å². The summed E-state index contributed by atoms with van der Waals surface area (Å²) in [4.78, 5) is 0. The molecule has 4 aromatic carbocycles. The molecule has 2 heterocycles. The van der Waals surface area contributed by atoms with Crippen LogP contribution in [0.3, 0.4) is 0 Å². The first-order valence-electron chi connectivity index (χ1n) is 22.7. The zero-order chi connectivity index (χ0) is 44.9. The van der Waals surface area contributed by atoms with Gasteiger partial charge in [0.1, 0.15) is 11.5 Å². The summed E-state index contributed by atoms with van der Waals surface area (Å²) in [6.07, 6.45) is 6.62. The number of allylic oxidation sites excluding steroid dienone is 2. The van der Waals surface area contributed by atoms with Gasteiger partial charge in [-0.2, -0.15) is 0 Å². The summed E-state index contributed by atoms with van der Waals surface area (Å²) in [5, 5.41) is 12.1. The van der Waals surface area contributed by atoms with E-state index in [2.05, 4.69) is 160 Å². The van der Waals surface area contributed by atoms with Gasteiger partial charge in [-0.15, -0.1) is 0 Å². The minimum absolute atomic E-state index is 0.310. The van der Waals surface area contributed by atoms with Gasteiger partial charge in [0, 0.05) is 44.4 Å². The molecule has 8 rings (SSSR count). The number of ether oxygens (including phenoxy) is 4. The molecule has 0 saturated heterocycles. The molecule has 4 aliphatic rings. The standard InChI is InChI=1S/C17H24.2C13H18O2.C12H15NO/c1-6-17(4,5)16-10-8-14-11-13(12(2)3)7-9-15(14)16;1-9(2)10-5-6-12-11(7-10)8-14-13(3,4)15-12;1-9(2)10-5-6-11-8-14-13(3,4)15-12(11)7-10;1-8(2)9-3-5-11-10(7-9)4-6-12(11)13-14/h7,9-12H,6,8H2,1-5H3;2*5-7,9H,8H2,1-4H3;3,5,7-8,14H,4,6H2,1-2H3/b;;;13-12-. The van der Waals surface area contributed by atoms with Crippen molar-refractivity contribution in [3.8, 4) is 11.5 Å². The quantitative estimate of drug-likeness (QED) is 0.155. The highest BCUT2D eigenvalue weighted by molar-refractivity contribution is 6.04. The lowest BCUT2D eigenvalue weighted by Crippen LogP contribution is -2.35. The summed E-state index contributed by atoms with van der Waals surface area (Å²) in [6, 6.07) is 26.2. The van der Waals surface area contributed by atoms with Crippen LogP contribution in [0.1, 0.15) is 196 Å². The number of hydrogen-bond acceptors (Lipinski definition) is 6. The molecule has 6 heteroatoms. The minimum atomic E-state index is -0.497. The van der Waals surface area contributed by atoms with E-state index in [0.29, 0.717) is 42.3 Å². The first kappa shape index (κ1) is 47.7. The molecule has 0 saturated carbocycles. The first-order chi connectivity index (χ1) is 28.6. The van der Waals surface area contributed by atoms with E-state index in [1.54, 1.807) is 5.57 Å². The lowest BCUT2D eigenvalue weighted by molar-refractivity contribution is -0.180. The molecule has 4 aromatic rings. The Morgan fingerprint density at radius 2 is 1.05 bits per heavy atom. The van der Waals surface area contributed by atoms with Crippen LogP contribution in [0.2, 0.25) is 0 Å². The Morgan fingerprint density at radius 3 is 1.61 bits per heavy atom. The molecule has 330 valence electrons. The van der Waals surface area contributed by atoms with E-state index in [4.69, 9.17) is 24.2 Å². The topological polar surface area (TPSA) is 69.5 Å². The Hall–Kier alpha value is -4.39. The van der Waals surface area contributed by atoms with Crippen molar-refractivity contribution in [2.45, 2.75) is 178 Å². The zero-order valence-electron chi connectivity index (χ0n) is 40.1. The summed E-state index contributed by atoms with van der Waals surface area (Å²) in [6.45, 7) is 33.7. The van der Waals surface area contributed by atoms with Gasteiger partial charge in [-0.25, -0.2) is 0 Å². The number of aryl methyl sites for hydroxylation is 1. The minimum Gasteiger partial charge on any atom is -0.463 e. The maximum atomic E-state index is 8.78. The summed E-state index contributed by atoms with van der Waals surface area (Å²) in [5.74, 6) is 3.21. The van der Waals surface area contributed by atoms with Crippen molar-refractivity contribution < 1.29 is 24.2 Å². The Balaban J connectivity index is 0.000000154. The Kier molecular flexibility index (Phi) is 15.4. The molecule has 2 aliphatic heterocycles. The Labute approximate surface area is 368 Å². The average molecular weight is 830 g/mol. The molecule has 0 atom stereocenters. The van der Waals surface area contributed by atoms with Crippen molar-refractivity contribution in [1.29, 1.82) is 0 Å². The number of rotatable bonds is 6. The van der Waals surface area contributed by atoms with E-state index in [0.717, 1.165) is 53.2 Å². The van der Waals surface area contributed by atoms with Crippen LogP contribution in [0.15, 0.2) is 84.0 Å². The third-order valence-corrected chi connectivity index (χ3v) is 12.5. The monoisotopic (exact) mass is 830 g/mol. The lowest BCUT2D eigenvalue weighted by Gasteiger charge is -2.33. The fourth-order valence-electron chi connectivity index (χ4n) is 7.92. The predicted molar refractivity (Wildman–Crippen MR) is 254 cm³/mol. The third kappa shape index (κ3) is 12.2. The number of oxime groups is 1. The molecule has 1 N–H and O–H groups in total. The van der Waals surface area contributed by atoms with Crippen molar-refractivity contribution >= 4 is 11.3 Å². The van der Waals surface area contributed by atoms with Crippen molar-refractivity contribution in [2.24, 2.45) is 10.6 Å². The molecule has 0 unspecified atom stereocenters. The van der Waals surface area contributed by atoms with Crippen LogP contribution in [-0.4, -0.2) is 22.5 Å². The highest BCUT2D eigenvalue weighted by Crippen LogP contribution is 2.43. The van der Waals surface area contributed by atoms with Gasteiger partial charge in [-0.1, -0.05) is 142 Å². The van der Waals surface area contributed by atoms with Crippen LogP contribution < -0.4 is 9.47 Å². The normalized spacial score (nSPS) is 17.4. The second kappa shape index (κ2) is 19.8. The highest BCUT2D eigenvalue weighted by Gasteiger charge is 2.29. The molecule has 0 amide bonds. The van der Waals surface area contributed by atoms with Crippen molar-refractivity contribution in [3.05, 3.63) is 135 Å². The Bertz CT molecular complexity index is 2180. The molecular weight excluding hydrogens is 755 g/mol. The largest absolute Gasteiger partial charge is 0.463 e. The zero-order valence-corrected chi connectivity index (χ0v) is 40.1. The molecule has 0 fully saturated rings. The second-order valence-electron chi connectivity index (χ2n) is 19.9. The van der Waals surface area contributed by atoms with Gasteiger partial charge in [-0.05, 0) is 117 Å². The summed E-state index contributed by atoms with van der Waals surface area (Å²) in [5.41, 5.74) is 15.9. The van der Waals surface area contributed by atoms with Crippen LogP contribution in [0.4, 0.5) is 0 Å². The maximum Gasteiger partial charge on any atom is 0.205 e. The lowest BCUT2D eigenvalue weighted by atomic mass is 9.79. The Morgan fingerprint density at radius 1 is 0.574 bits per heavy atom.